The van der Waals surface area contributed by atoms with E-state index in [2.05, 4.69) is 55.2 Å². The van der Waals surface area contributed by atoms with E-state index in [-0.39, 0.29) is 5.41 Å². The van der Waals surface area contributed by atoms with Crippen molar-refractivity contribution in [2.24, 2.45) is 0 Å². The smallest absolute Gasteiger partial charge is 0.132 e. The van der Waals surface area contributed by atoms with E-state index in [1.54, 1.807) is 6.07 Å². The van der Waals surface area contributed by atoms with E-state index in [0.29, 0.717) is 11.8 Å². The zero-order valence-electron chi connectivity index (χ0n) is 16.3. The Morgan fingerprint density at radius 3 is 2.89 bits per heavy atom. The van der Waals surface area contributed by atoms with Crippen molar-refractivity contribution in [3.05, 3.63) is 51.6 Å². The number of halogens is 1. The lowest BCUT2D eigenvalue weighted by Crippen LogP contribution is -2.50. The molecule has 3 aliphatic heterocycles. The number of pyridine rings is 1. The summed E-state index contributed by atoms with van der Waals surface area (Å²) in [6.07, 6.45) is 5.26. The molecule has 1 aromatic heterocycles. The minimum absolute atomic E-state index is 0.274. The van der Waals surface area contributed by atoms with Gasteiger partial charge in [-0.25, -0.2) is 4.98 Å². The molecule has 6 heteroatoms. The lowest BCUT2D eigenvalue weighted by Gasteiger charge is -2.41. The number of nitrogens with one attached hydrogen (secondary N) is 1. The molecule has 3 aliphatic rings. The number of nitrogens with zero attached hydrogens (tertiary/aromatic N) is 3. The molecule has 1 fully saturated rings. The second-order valence-corrected chi connectivity index (χ2v) is 9.47. The summed E-state index contributed by atoms with van der Waals surface area (Å²) in [7, 11) is 2.17. The third-order valence-electron chi connectivity index (χ3n) is 6.92. The molecule has 148 valence electrons. The van der Waals surface area contributed by atoms with Crippen LogP contribution in [-0.4, -0.2) is 54.3 Å². The van der Waals surface area contributed by atoms with Gasteiger partial charge in [0.2, 0.25) is 0 Å². The third kappa shape index (κ3) is 3.02. The van der Waals surface area contributed by atoms with E-state index in [9.17, 15) is 5.11 Å². The summed E-state index contributed by atoms with van der Waals surface area (Å²) in [6, 6.07) is 8.54. The number of anilines is 1. The van der Waals surface area contributed by atoms with Crippen LogP contribution in [0.5, 0.6) is 5.75 Å². The fourth-order valence-electron chi connectivity index (χ4n) is 5.40. The average molecular weight is 443 g/mol. The van der Waals surface area contributed by atoms with Crippen molar-refractivity contribution in [3.8, 4) is 5.75 Å². The van der Waals surface area contributed by atoms with Gasteiger partial charge in [-0.3, -0.25) is 0 Å². The van der Waals surface area contributed by atoms with Gasteiger partial charge in [-0.2, -0.15) is 0 Å². The van der Waals surface area contributed by atoms with Crippen LogP contribution in [-0.2, 0) is 18.4 Å². The molecule has 1 unspecified atom stereocenters. The second-order valence-electron chi connectivity index (χ2n) is 8.62. The van der Waals surface area contributed by atoms with Crippen LogP contribution in [0.2, 0.25) is 0 Å². The van der Waals surface area contributed by atoms with Crippen molar-refractivity contribution in [3.63, 3.8) is 0 Å². The van der Waals surface area contributed by atoms with Crippen molar-refractivity contribution in [1.82, 2.24) is 15.2 Å². The van der Waals surface area contributed by atoms with Gasteiger partial charge < -0.3 is 20.2 Å². The van der Waals surface area contributed by atoms with E-state index < -0.39 is 0 Å². The molecule has 0 bridgehead atoms. The second kappa shape index (κ2) is 7.01. The van der Waals surface area contributed by atoms with E-state index in [1.165, 1.54) is 29.8 Å². The molecule has 0 saturated carbocycles. The number of hydrogen-bond donors (Lipinski definition) is 2. The van der Waals surface area contributed by atoms with Crippen molar-refractivity contribution in [1.29, 1.82) is 0 Å². The zero-order valence-corrected chi connectivity index (χ0v) is 17.9. The van der Waals surface area contributed by atoms with Crippen LogP contribution >= 0.6 is 15.9 Å². The predicted molar refractivity (Wildman–Crippen MR) is 115 cm³/mol. The van der Waals surface area contributed by atoms with Gasteiger partial charge in [0, 0.05) is 59.9 Å². The van der Waals surface area contributed by atoms with Crippen LogP contribution in [0, 0.1) is 0 Å². The molecule has 4 heterocycles. The number of aromatic nitrogens is 1. The highest BCUT2D eigenvalue weighted by Crippen LogP contribution is 2.45. The summed E-state index contributed by atoms with van der Waals surface area (Å²) < 4.78 is 1.11. The first kappa shape index (κ1) is 18.4. The number of aromatic hydroxyl groups is 1. The van der Waals surface area contributed by atoms with Gasteiger partial charge in [0.25, 0.3) is 0 Å². The van der Waals surface area contributed by atoms with E-state index in [4.69, 9.17) is 0 Å². The quantitative estimate of drug-likeness (QED) is 0.748. The fourth-order valence-corrected chi connectivity index (χ4v) is 5.93. The van der Waals surface area contributed by atoms with Gasteiger partial charge in [-0.05, 0) is 56.1 Å². The standard InChI is InChI=1S/C22H27BrN4O/c1-26-14-22(18-3-2-8-24-21(18)26)6-9-27(10-7-22)13-15-11-16-17(12-25-15)20(28)5-4-19(16)23/h2-5,8,15,25,28H,6-7,9-14H2,1H3. The largest absolute Gasteiger partial charge is 0.508 e. The molecule has 1 spiro atoms. The van der Waals surface area contributed by atoms with Crippen LogP contribution in [0.15, 0.2) is 34.9 Å². The Labute approximate surface area is 174 Å². The molecule has 0 aliphatic carbocycles. The van der Waals surface area contributed by atoms with Gasteiger partial charge in [0.1, 0.15) is 11.6 Å². The number of benzene rings is 1. The summed E-state index contributed by atoms with van der Waals surface area (Å²) in [6.45, 7) is 5.16. The average Bonchev–Trinajstić information content (AvgIpc) is 2.99. The summed E-state index contributed by atoms with van der Waals surface area (Å²) >= 11 is 3.67. The summed E-state index contributed by atoms with van der Waals surface area (Å²) in [5, 5.41) is 13.8. The minimum atomic E-state index is 0.274. The molecule has 0 radical (unpaired) electrons. The summed E-state index contributed by atoms with van der Waals surface area (Å²) in [5.74, 6) is 1.58. The van der Waals surface area contributed by atoms with Crippen LogP contribution in [0.4, 0.5) is 5.82 Å². The topological polar surface area (TPSA) is 51.6 Å². The normalized spacial score (nSPS) is 23.6. The Balaban J connectivity index is 1.25. The van der Waals surface area contributed by atoms with Crippen LogP contribution < -0.4 is 10.2 Å². The highest BCUT2D eigenvalue weighted by atomic mass is 79.9. The molecule has 2 N–H and O–H groups in total. The van der Waals surface area contributed by atoms with E-state index in [1.807, 2.05) is 12.3 Å². The summed E-state index contributed by atoms with van der Waals surface area (Å²) in [4.78, 5) is 9.55. The predicted octanol–water partition coefficient (Wildman–Crippen LogP) is 3.05. The Hall–Kier alpha value is -1.63. The molecule has 1 saturated heterocycles. The van der Waals surface area contributed by atoms with Crippen LogP contribution in [0.3, 0.4) is 0 Å². The van der Waals surface area contributed by atoms with E-state index in [0.717, 1.165) is 49.2 Å². The first-order chi connectivity index (χ1) is 13.6. The lowest BCUT2D eigenvalue weighted by molar-refractivity contribution is 0.150. The molecule has 1 atom stereocenters. The van der Waals surface area contributed by atoms with Crippen molar-refractivity contribution in [2.75, 3.05) is 38.1 Å². The van der Waals surface area contributed by atoms with Crippen molar-refractivity contribution in [2.45, 2.75) is 37.3 Å². The molecule has 0 amide bonds. The van der Waals surface area contributed by atoms with Gasteiger partial charge in [0.05, 0.1) is 0 Å². The minimum Gasteiger partial charge on any atom is -0.508 e. The van der Waals surface area contributed by atoms with Gasteiger partial charge in [-0.1, -0.05) is 22.0 Å². The van der Waals surface area contributed by atoms with E-state index >= 15 is 0 Å². The number of phenols is 1. The summed E-state index contributed by atoms with van der Waals surface area (Å²) in [5.41, 5.74) is 4.02. The number of likely N-dealkylation sites (N-methyl/N-ethyl adjacent to an activating group) is 1. The lowest BCUT2D eigenvalue weighted by atomic mass is 9.74. The fraction of sp³-hybridized carbons (Fsp3) is 0.500. The molecular formula is C22H27BrN4O. The number of fused-ring (bicyclic) bond motifs is 3. The number of likely N-dealkylation sites (tertiary alicyclic amines) is 1. The van der Waals surface area contributed by atoms with Crippen molar-refractivity contribution < 1.29 is 5.11 Å². The van der Waals surface area contributed by atoms with Crippen LogP contribution in [0.1, 0.15) is 29.5 Å². The Morgan fingerprint density at radius 1 is 1.25 bits per heavy atom. The highest BCUT2D eigenvalue weighted by molar-refractivity contribution is 9.10. The molecular weight excluding hydrogens is 416 g/mol. The molecule has 5 rings (SSSR count). The maximum Gasteiger partial charge on any atom is 0.132 e. The number of rotatable bonds is 2. The Bertz CT molecular complexity index is 894. The molecule has 1 aromatic carbocycles. The monoisotopic (exact) mass is 442 g/mol. The SMILES string of the molecule is CN1CC2(CCN(CC3Cc4c(Br)ccc(O)c4CN3)CC2)c2cccnc21. The Kier molecular flexibility index (Phi) is 4.61. The first-order valence-electron chi connectivity index (χ1n) is 10.2. The highest BCUT2D eigenvalue weighted by Gasteiger charge is 2.44. The molecule has 5 nitrogen and oxygen atoms in total. The van der Waals surface area contributed by atoms with Crippen molar-refractivity contribution >= 4 is 21.7 Å². The number of phenolic OH excluding ortho intramolecular Hbond substituents is 1. The van der Waals surface area contributed by atoms with Gasteiger partial charge >= 0.3 is 0 Å². The maximum atomic E-state index is 10.1. The molecule has 2 aromatic rings. The third-order valence-corrected chi connectivity index (χ3v) is 7.66. The zero-order chi connectivity index (χ0) is 19.3. The first-order valence-corrected chi connectivity index (χ1v) is 11.0. The van der Waals surface area contributed by atoms with Crippen LogP contribution in [0.25, 0.3) is 0 Å². The number of hydrogen-bond acceptors (Lipinski definition) is 5. The Morgan fingerprint density at radius 2 is 2.07 bits per heavy atom. The maximum absolute atomic E-state index is 10.1. The van der Waals surface area contributed by atoms with Gasteiger partial charge in [0.15, 0.2) is 0 Å². The molecule has 28 heavy (non-hydrogen) atoms. The van der Waals surface area contributed by atoms with Gasteiger partial charge in [-0.15, -0.1) is 0 Å². The number of piperidine rings is 1.